The third kappa shape index (κ3) is 21.7. The van der Waals surface area contributed by atoms with Crippen molar-refractivity contribution in [3.05, 3.63) is 41.9 Å². The summed E-state index contributed by atoms with van der Waals surface area (Å²) in [4.78, 5) is 22.1. The summed E-state index contributed by atoms with van der Waals surface area (Å²) in [6, 6.07) is 5.01. The molecule has 0 aromatic carbocycles. The summed E-state index contributed by atoms with van der Waals surface area (Å²) in [5.41, 5.74) is -2.02. The van der Waals surface area contributed by atoms with E-state index in [1.807, 2.05) is 41.5 Å². The molecule has 1 saturated heterocycles. The van der Waals surface area contributed by atoms with Crippen molar-refractivity contribution in [2.24, 2.45) is 29.6 Å². The first-order valence-electron chi connectivity index (χ1n) is 16.5. The number of carbonyl (C=O) groups excluding carboxylic acids is 2. The molecule has 5 nitrogen and oxygen atoms in total. The Morgan fingerprint density at radius 3 is 1.24 bits per heavy atom. The van der Waals surface area contributed by atoms with Gasteiger partial charge in [-0.25, -0.2) is 8.78 Å². The molecular formula is C37H69F3NO4Si+. The van der Waals surface area contributed by atoms with Crippen molar-refractivity contribution in [1.82, 2.24) is 0 Å². The number of alkyl halides is 2. The zero-order valence-corrected chi connectivity index (χ0v) is 33.7. The number of nitrogens with zero attached hydrogens (tertiary/aromatic N) is 1. The van der Waals surface area contributed by atoms with Crippen LogP contribution >= 0.6 is 0 Å². The van der Waals surface area contributed by atoms with Gasteiger partial charge in [0.05, 0.1) is 16.8 Å². The van der Waals surface area contributed by atoms with Crippen LogP contribution in [0.3, 0.4) is 0 Å². The van der Waals surface area contributed by atoms with Gasteiger partial charge in [0.25, 0.3) is 0 Å². The second-order valence-electron chi connectivity index (χ2n) is 15.5. The Kier molecular flexibility index (Phi) is 22.2. The van der Waals surface area contributed by atoms with Crippen molar-refractivity contribution in [1.29, 1.82) is 0 Å². The molecule has 0 radical (unpaired) electrons. The van der Waals surface area contributed by atoms with Gasteiger partial charge in [-0.1, -0.05) is 75.3 Å². The SMILES string of the molecule is CC(C)=C(O[Si](C)(C)C)C(C)C.CC(C)C(=O)C(C)(C)F.CC(C)C(=O)C(C)C.CC(C)C1(C(C)(C)F)CO1.F[n+]1ccccc1. The summed E-state index contributed by atoms with van der Waals surface area (Å²) in [5, 5.41) is 0. The fourth-order valence-electron chi connectivity index (χ4n) is 4.30. The van der Waals surface area contributed by atoms with Gasteiger partial charge in [-0.15, -0.1) is 0 Å². The number of epoxide rings is 1. The van der Waals surface area contributed by atoms with Gasteiger partial charge in [-0.3, -0.25) is 9.59 Å². The van der Waals surface area contributed by atoms with Crippen LogP contribution in [0.4, 0.5) is 13.3 Å². The van der Waals surface area contributed by atoms with Crippen molar-refractivity contribution in [3.63, 3.8) is 0 Å². The van der Waals surface area contributed by atoms with Gasteiger partial charge >= 0.3 is 0 Å². The van der Waals surface area contributed by atoms with Crippen LogP contribution in [0.25, 0.3) is 0 Å². The standard InChI is InChI=1S/C10H22OSi.C8H15FO.C7H13FO.C7H14O.C5H5FN/c1-8(2)10(9(3)4)11-12(5,6)7;1-6(2)8(5-10-8)7(3,4)9;1-5(2)6(9)7(3,4)8;1-5(2)7(8)6(3)4;6-7-4-2-1-3-5-7/h8H,1-7H3;6H,5H2,1-4H3;5H,1-4H3;5-6H,1-4H3;1-5H/q;;;;+1. The Morgan fingerprint density at radius 1 is 0.783 bits per heavy atom. The maximum atomic E-state index is 13.4. The second-order valence-corrected chi connectivity index (χ2v) is 19.9. The van der Waals surface area contributed by atoms with Crippen LogP contribution in [0.2, 0.25) is 19.6 Å². The third-order valence-electron chi connectivity index (χ3n) is 6.76. The zero-order chi connectivity index (χ0) is 37.4. The Hall–Kier alpha value is -2.00. The number of hydrogen-bond donors (Lipinski definition) is 0. The van der Waals surface area contributed by atoms with E-state index in [0.717, 1.165) is 0 Å². The van der Waals surface area contributed by atoms with Crippen molar-refractivity contribution in [3.8, 4) is 0 Å². The number of halogens is 3. The van der Waals surface area contributed by atoms with Crippen LogP contribution in [0.5, 0.6) is 0 Å². The highest BCUT2D eigenvalue weighted by molar-refractivity contribution is 6.70. The maximum Gasteiger partial charge on any atom is 0.241 e. The Morgan fingerprint density at radius 2 is 1.17 bits per heavy atom. The smallest absolute Gasteiger partial charge is 0.241 e. The Balaban J connectivity index is -0.000000508. The van der Waals surface area contributed by atoms with Crippen molar-refractivity contribution >= 4 is 19.9 Å². The molecule has 2 heterocycles. The molecule has 1 aliphatic heterocycles. The number of carbonyl (C=O) groups is 2. The van der Waals surface area contributed by atoms with E-state index in [1.54, 1.807) is 45.9 Å². The lowest BCUT2D eigenvalue weighted by molar-refractivity contribution is -0.843. The van der Waals surface area contributed by atoms with E-state index in [4.69, 9.17) is 9.16 Å². The zero-order valence-electron chi connectivity index (χ0n) is 32.7. The van der Waals surface area contributed by atoms with E-state index in [-0.39, 0.29) is 29.5 Å². The number of Topliss-reactive ketones (excluding diaryl/α,β-unsaturated/α-hetero) is 2. The van der Waals surface area contributed by atoms with Gasteiger partial charge in [0.2, 0.25) is 20.7 Å². The van der Waals surface area contributed by atoms with Gasteiger partial charge in [-0.05, 0) is 72.7 Å². The molecule has 2 rings (SSSR count). The number of ether oxygens (including phenoxy) is 1. The van der Waals surface area contributed by atoms with Gasteiger partial charge in [0.15, 0.2) is 11.5 Å². The van der Waals surface area contributed by atoms with Crippen molar-refractivity contribution in [2.75, 3.05) is 6.61 Å². The highest BCUT2D eigenvalue weighted by atomic mass is 28.4. The Labute approximate surface area is 281 Å². The normalized spacial score (nSPS) is 15.8. The van der Waals surface area contributed by atoms with Crippen LogP contribution in [0.15, 0.2) is 41.9 Å². The molecule has 0 saturated carbocycles. The second kappa shape index (κ2) is 21.1. The fourth-order valence-corrected chi connectivity index (χ4v) is 5.40. The van der Waals surface area contributed by atoms with Crippen molar-refractivity contribution in [2.45, 2.75) is 147 Å². The van der Waals surface area contributed by atoms with Crippen LogP contribution in [0.1, 0.15) is 111 Å². The molecule has 46 heavy (non-hydrogen) atoms. The summed E-state index contributed by atoms with van der Waals surface area (Å²) >= 11 is 0. The third-order valence-corrected chi connectivity index (χ3v) is 7.59. The number of hydrogen-bond acceptors (Lipinski definition) is 4. The van der Waals surface area contributed by atoms with E-state index in [1.165, 1.54) is 37.6 Å². The summed E-state index contributed by atoms with van der Waals surface area (Å²) in [6.45, 7) is 36.7. The number of allylic oxidation sites excluding steroid dienone is 2. The van der Waals surface area contributed by atoms with Gasteiger partial charge in [0.1, 0.15) is 17.1 Å². The number of rotatable bonds is 9. The van der Waals surface area contributed by atoms with E-state index >= 15 is 0 Å². The molecule has 0 N–H and O–H groups in total. The molecule has 0 aliphatic carbocycles. The van der Waals surface area contributed by atoms with E-state index < -0.39 is 25.3 Å². The molecule has 0 spiro atoms. The number of aromatic nitrogens is 1. The maximum absolute atomic E-state index is 13.4. The van der Waals surface area contributed by atoms with Gasteiger partial charge < -0.3 is 9.16 Å². The first-order chi connectivity index (χ1) is 20.4. The lowest BCUT2D eigenvalue weighted by atomic mass is 9.84. The minimum absolute atomic E-state index is 0.204. The molecule has 0 bridgehead atoms. The van der Waals surface area contributed by atoms with Crippen LogP contribution in [-0.2, 0) is 18.8 Å². The molecule has 1 aromatic rings. The predicted molar refractivity (Wildman–Crippen MR) is 189 cm³/mol. The molecular weight excluding hydrogens is 607 g/mol. The molecule has 1 atom stereocenters. The monoisotopic (exact) mass is 676 g/mol. The van der Waals surface area contributed by atoms with E-state index in [0.29, 0.717) is 23.1 Å². The summed E-state index contributed by atoms with van der Waals surface area (Å²) in [5.74, 6) is 2.20. The minimum atomic E-state index is -1.66. The molecule has 1 aromatic heterocycles. The van der Waals surface area contributed by atoms with Gasteiger partial charge in [-0.2, -0.15) is 0 Å². The predicted octanol–water partition coefficient (Wildman–Crippen LogP) is 10.5. The van der Waals surface area contributed by atoms with Crippen molar-refractivity contribution < 1.29 is 36.8 Å². The van der Waals surface area contributed by atoms with Gasteiger partial charge in [0, 0.05) is 40.6 Å². The molecule has 1 unspecified atom stereocenters. The number of pyridine rings is 1. The van der Waals surface area contributed by atoms with E-state index in [2.05, 4.69) is 47.3 Å². The average molecular weight is 677 g/mol. The Bertz CT molecular complexity index is 1020. The lowest BCUT2D eigenvalue weighted by Crippen LogP contribution is -2.39. The topological polar surface area (TPSA) is 59.8 Å². The largest absolute Gasteiger partial charge is 0.547 e. The molecule has 0 amide bonds. The fraction of sp³-hybridized carbons (Fsp3) is 0.757. The highest BCUT2D eigenvalue weighted by Crippen LogP contribution is 2.46. The van der Waals surface area contributed by atoms with Crippen LogP contribution in [-0.4, -0.2) is 43.4 Å². The summed E-state index contributed by atoms with van der Waals surface area (Å²) in [6.07, 6.45) is 2.67. The van der Waals surface area contributed by atoms with Crippen LogP contribution < -0.4 is 4.79 Å². The lowest BCUT2D eigenvalue weighted by Gasteiger charge is -2.26. The molecule has 1 aliphatic rings. The summed E-state index contributed by atoms with van der Waals surface area (Å²) in [7, 11) is -1.40. The van der Waals surface area contributed by atoms with E-state index in [9.17, 15) is 22.9 Å². The highest BCUT2D eigenvalue weighted by Gasteiger charge is 2.59. The number of ketones is 2. The first kappa shape index (κ1) is 48.4. The minimum Gasteiger partial charge on any atom is -0.547 e. The molecule has 270 valence electrons. The first-order valence-corrected chi connectivity index (χ1v) is 19.9. The molecule has 9 heteroatoms. The van der Waals surface area contributed by atoms with Crippen LogP contribution in [0, 0.1) is 29.6 Å². The summed E-state index contributed by atoms with van der Waals surface area (Å²) < 4.78 is 49.0. The average Bonchev–Trinajstić information content (AvgIpc) is 3.70. The quantitative estimate of drug-likeness (QED) is 0.148. The molecule has 1 fully saturated rings.